The molecule has 0 aromatic heterocycles. The lowest BCUT2D eigenvalue weighted by Gasteiger charge is -2.01. The highest BCUT2D eigenvalue weighted by atomic mass is 32.2. The molecule has 1 N–H and O–H groups in total. The van der Waals surface area contributed by atoms with Gasteiger partial charge in [-0.25, -0.2) is 13.2 Å². The van der Waals surface area contributed by atoms with Gasteiger partial charge in [0.25, 0.3) is 0 Å². The first-order valence-corrected chi connectivity index (χ1v) is 5.80. The number of carboxylic acid groups (broad SMARTS) is 1. The van der Waals surface area contributed by atoms with Crippen LogP contribution in [0.25, 0.3) is 0 Å². The van der Waals surface area contributed by atoms with Gasteiger partial charge in [0.05, 0.1) is 5.75 Å². The van der Waals surface area contributed by atoms with Crippen molar-refractivity contribution in [3.05, 3.63) is 0 Å². The fourth-order valence-electron chi connectivity index (χ4n) is 0.685. The van der Waals surface area contributed by atoms with Gasteiger partial charge in [-0.2, -0.15) is 0 Å². The van der Waals surface area contributed by atoms with Crippen molar-refractivity contribution in [3.63, 3.8) is 0 Å². The summed E-state index contributed by atoms with van der Waals surface area (Å²) in [6.07, 6.45) is 0.351. The van der Waals surface area contributed by atoms with Crippen molar-refractivity contribution in [2.45, 2.75) is 13.3 Å². The van der Waals surface area contributed by atoms with E-state index in [9.17, 15) is 13.2 Å². The van der Waals surface area contributed by atoms with E-state index in [0.717, 1.165) is 0 Å². The van der Waals surface area contributed by atoms with Crippen LogP contribution >= 0.6 is 0 Å². The minimum atomic E-state index is -2.95. The van der Waals surface area contributed by atoms with Crippen LogP contribution in [0, 0.1) is 0 Å². The summed E-state index contributed by atoms with van der Waals surface area (Å²) in [7, 11) is -2.95. The molecule has 5 nitrogen and oxygen atoms in total. The minimum absolute atomic E-state index is 0.0586. The van der Waals surface area contributed by atoms with Crippen LogP contribution in [0.3, 0.4) is 0 Å². The first kappa shape index (κ1) is 12.4. The molecule has 0 fully saturated rings. The maximum Gasteiger partial charge on any atom is 0.329 e. The fourth-order valence-corrected chi connectivity index (χ4v) is 1.53. The van der Waals surface area contributed by atoms with Crippen LogP contribution in [0.2, 0.25) is 0 Å². The molecule has 0 aromatic carbocycles. The molecule has 0 unspecified atom stereocenters. The molecule has 0 bridgehead atoms. The Labute approximate surface area is 77.6 Å². The zero-order valence-electron chi connectivity index (χ0n) is 7.52. The van der Waals surface area contributed by atoms with Gasteiger partial charge < -0.3 is 9.84 Å². The molecule has 0 heterocycles. The molecule has 0 saturated heterocycles. The van der Waals surface area contributed by atoms with Gasteiger partial charge in [-0.05, 0) is 6.42 Å². The molecule has 13 heavy (non-hydrogen) atoms. The van der Waals surface area contributed by atoms with E-state index in [0.29, 0.717) is 6.42 Å². The third-order valence-corrected chi connectivity index (χ3v) is 3.20. The van der Waals surface area contributed by atoms with Crippen molar-refractivity contribution in [3.8, 4) is 0 Å². The summed E-state index contributed by atoms with van der Waals surface area (Å²) in [4.78, 5) is 9.97. The number of hydrogen-bond donors (Lipinski definition) is 1. The Morgan fingerprint density at radius 3 is 2.54 bits per heavy atom. The first-order chi connectivity index (χ1) is 5.98. The van der Waals surface area contributed by atoms with Crippen LogP contribution in [0.4, 0.5) is 0 Å². The quantitative estimate of drug-likeness (QED) is 0.594. The lowest BCUT2D eigenvalue weighted by molar-refractivity contribution is -0.142. The van der Waals surface area contributed by atoms with Gasteiger partial charge in [0, 0.05) is 12.4 Å². The summed E-state index contributed by atoms with van der Waals surface area (Å²) in [6.45, 7) is 1.38. The average Bonchev–Trinajstić information content (AvgIpc) is 2.03. The fraction of sp³-hybridized carbons (Fsp3) is 0.857. The smallest absolute Gasteiger partial charge is 0.329 e. The number of carboxylic acids is 1. The van der Waals surface area contributed by atoms with Gasteiger partial charge in [0.15, 0.2) is 0 Å². The van der Waals surface area contributed by atoms with Gasteiger partial charge in [0.2, 0.25) is 0 Å². The summed E-state index contributed by atoms with van der Waals surface area (Å²) in [6, 6.07) is 0. The molecular weight excluding hydrogens is 196 g/mol. The average molecular weight is 210 g/mol. The lowest BCUT2D eigenvalue weighted by Crippen LogP contribution is -2.13. The van der Waals surface area contributed by atoms with Crippen molar-refractivity contribution in [2.75, 3.05) is 24.7 Å². The molecular formula is C7H14O5S. The monoisotopic (exact) mass is 210 g/mol. The van der Waals surface area contributed by atoms with Crippen molar-refractivity contribution < 1.29 is 23.1 Å². The molecule has 0 aromatic rings. The third kappa shape index (κ3) is 7.73. The van der Waals surface area contributed by atoms with Gasteiger partial charge in [-0.3, -0.25) is 0 Å². The standard InChI is InChI=1S/C7H14O5S/c1-2-13(10,11)5-3-4-12-6-7(8)9/h2-6H2,1H3,(H,8,9). The number of rotatable bonds is 7. The molecule has 0 aliphatic heterocycles. The summed E-state index contributed by atoms with van der Waals surface area (Å²) in [5.74, 6) is -0.868. The predicted molar refractivity (Wildman–Crippen MR) is 47.4 cm³/mol. The normalized spacial score (nSPS) is 11.5. The molecule has 0 spiro atoms. The van der Waals surface area contributed by atoms with Gasteiger partial charge in [-0.1, -0.05) is 6.92 Å². The molecule has 0 amide bonds. The van der Waals surface area contributed by atoms with Crippen LogP contribution in [0.1, 0.15) is 13.3 Å². The van der Waals surface area contributed by atoms with Crippen molar-refractivity contribution in [1.82, 2.24) is 0 Å². The minimum Gasteiger partial charge on any atom is -0.480 e. The highest BCUT2D eigenvalue weighted by molar-refractivity contribution is 7.91. The summed E-state index contributed by atoms with van der Waals surface area (Å²) in [5, 5.41) is 8.18. The van der Waals surface area contributed by atoms with Crippen LogP contribution in [-0.4, -0.2) is 44.2 Å². The maximum absolute atomic E-state index is 10.9. The van der Waals surface area contributed by atoms with E-state index in [1.807, 2.05) is 0 Å². The van der Waals surface area contributed by atoms with E-state index in [1.165, 1.54) is 0 Å². The molecule has 0 radical (unpaired) electrons. The molecule has 0 atom stereocenters. The molecule has 0 aliphatic carbocycles. The largest absolute Gasteiger partial charge is 0.480 e. The molecule has 0 saturated carbocycles. The summed E-state index contributed by atoms with van der Waals surface area (Å²) >= 11 is 0. The second-order valence-electron chi connectivity index (χ2n) is 2.54. The second kappa shape index (κ2) is 5.93. The number of hydrogen-bond acceptors (Lipinski definition) is 4. The lowest BCUT2D eigenvalue weighted by atomic mass is 10.5. The number of carbonyl (C=O) groups is 1. The number of aliphatic carboxylic acids is 1. The Kier molecular flexibility index (Phi) is 5.65. The van der Waals surface area contributed by atoms with Gasteiger partial charge in [0.1, 0.15) is 16.4 Å². The Balaban J connectivity index is 3.42. The SMILES string of the molecule is CCS(=O)(=O)CCCOCC(=O)O. The topological polar surface area (TPSA) is 80.7 Å². The first-order valence-electron chi connectivity index (χ1n) is 3.98. The van der Waals surface area contributed by atoms with Gasteiger partial charge >= 0.3 is 5.97 Å². The van der Waals surface area contributed by atoms with Crippen LogP contribution in [-0.2, 0) is 19.4 Å². The van der Waals surface area contributed by atoms with Crippen molar-refractivity contribution in [1.29, 1.82) is 0 Å². The van der Waals surface area contributed by atoms with E-state index in [1.54, 1.807) is 6.92 Å². The molecule has 78 valence electrons. The Bertz CT molecular complexity index is 244. The van der Waals surface area contributed by atoms with Crippen LogP contribution in [0.15, 0.2) is 0 Å². The van der Waals surface area contributed by atoms with E-state index in [2.05, 4.69) is 4.74 Å². The molecule has 0 aliphatic rings. The van der Waals surface area contributed by atoms with E-state index in [-0.39, 0.29) is 24.7 Å². The second-order valence-corrected chi connectivity index (χ2v) is 5.01. The van der Waals surface area contributed by atoms with Gasteiger partial charge in [-0.15, -0.1) is 0 Å². The Hall–Kier alpha value is -0.620. The summed E-state index contributed by atoms with van der Waals surface area (Å²) < 4.78 is 26.5. The van der Waals surface area contributed by atoms with Crippen LogP contribution in [0.5, 0.6) is 0 Å². The zero-order valence-corrected chi connectivity index (χ0v) is 8.34. The zero-order chi connectivity index (χ0) is 10.3. The highest BCUT2D eigenvalue weighted by Gasteiger charge is 2.06. The van der Waals surface area contributed by atoms with Crippen molar-refractivity contribution in [2.24, 2.45) is 0 Å². The predicted octanol–water partition coefficient (Wildman–Crippen LogP) is -0.0876. The van der Waals surface area contributed by atoms with E-state index in [4.69, 9.17) is 5.11 Å². The van der Waals surface area contributed by atoms with Crippen molar-refractivity contribution >= 4 is 15.8 Å². The highest BCUT2D eigenvalue weighted by Crippen LogP contribution is 1.93. The molecule has 0 rings (SSSR count). The third-order valence-electron chi connectivity index (χ3n) is 1.41. The Morgan fingerprint density at radius 2 is 2.08 bits per heavy atom. The number of ether oxygens (including phenoxy) is 1. The Morgan fingerprint density at radius 1 is 1.46 bits per heavy atom. The van der Waals surface area contributed by atoms with E-state index < -0.39 is 15.8 Å². The number of sulfone groups is 1. The van der Waals surface area contributed by atoms with E-state index >= 15 is 0 Å². The summed E-state index contributed by atoms with van der Waals surface area (Å²) in [5.41, 5.74) is 0. The maximum atomic E-state index is 10.9. The van der Waals surface area contributed by atoms with Crippen LogP contribution < -0.4 is 0 Å². The molecule has 6 heteroatoms.